The van der Waals surface area contributed by atoms with E-state index >= 15 is 0 Å². The molecule has 1 saturated carbocycles. The quantitative estimate of drug-likeness (QED) is 0.861. The number of aliphatic carboxylic acids is 1. The number of hydrogen-bond donors (Lipinski definition) is 1. The number of amides is 1. The normalized spacial score (nSPS) is 26.2. The third kappa shape index (κ3) is 3.74. The molecule has 2 fully saturated rings. The number of rotatable bonds is 4. The van der Waals surface area contributed by atoms with Crippen LogP contribution >= 0.6 is 0 Å². The lowest BCUT2D eigenvalue weighted by Gasteiger charge is -2.35. The fraction of sp³-hybridized carbons (Fsp3) is 0.875. The first-order valence-electron chi connectivity index (χ1n) is 8.12. The van der Waals surface area contributed by atoms with Crippen molar-refractivity contribution in [1.82, 2.24) is 4.90 Å². The lowest BCUT2D eigenvalue weighted by Crippen LogP contribution is -2.48. The van der Waals surface area contributed by atoms with E-state index in [1.54, 1.807) is 4.90 Å². The Kier molecular flexibility index (Phi) is 5.44. The Hall–Kier alpha value is -1.06. The topological polar surface area (TPSA) is 57.6 Å². The third-order valence-corrected chi connectivity index (χ3v) is 5.06. The van der Waals surface area contributed by atoms with E-state index in [1.165, 1.54) is 32.1 Å². The van der Waals surface area contributed by atoms with Crippen LogP contribution in [0.15, 0.2) is 0 Å². The van der Waals surface area contributed by atoms with Gasteiger partial charge >= 0.3 is 5.97 Å². The van der Waals surface area contributed by atoms with E-state index < -0.39 is 12.0 Å². The van der Waals surface area contributed by atoms with Gasteiger partial charge in [0.2, 0.25) is 5.91 Å². The molecular weight excluding hydrogens is 254 g/mol. The van der Waals surface area contributed by atoms with Crippen molar-refractivity contribution in [3.8, 4) is 0 Å². The summed E-state index contributed by atoms with van der Waals surface area (Å²) in [5.74, 6) is 0.249. The molecule has 1 aliphatic carbocycles. The Morgan fingerprint density at radius 1 is 1.10 bits per heavy atom. The highest BCUT2D eigenvalue weighted by molar-refractivity contribution is 5.84. The smallest absolute Gasteiger partial charge is 0.326 e. The highest BCUT2D eigenvalue weighted by Gasteiger charge is 2.33. The zero-order chi connectivity index (χ0) is 14.5. The van der Waals surface area contributed by atoms with Crippen LogP contribution in [0.25, 0.3) is 0 Å². The summed E-state index contributed by atoms with van der Waals surface area (Å²) in [5.41, 5.74) is 0. The van der Waals surface area contributed by atoms with Gasteiger partial charge in [0.1, 0.15) is 6.04 Å². The summed E-state index contributed by atoms with van der Waals surface area (Å²) in [6, 6.07) is -0.588. The molecule has 2 atom stereocenters. The zero-order valence-electron chi connectivity index (χ0n) is 12.5. The van der Waals surface area contributed by atoms with Crippen LogP contribution in [0.1, 0.15) is 64.7 Å². The first-order valence-corrected chi connectivity index (χ1v) is 8.12. The van der Waals surface area contributed by atoms with Gasteiger partial charge in [0, 0.05) is 13.0 Å². The van der Waals surface area contributed by atoms with E-state index in [0.717, 1.165) is 12.8 Å². The molecule has 0 bridgehead atoms. The van der Waals surface area contributed by atoms with Gasteiger partial charge in [0.25, 0.3) is 0 Å². The predicted octanol–water partition coefficient (Wildman–Crippen LogP) is 3.06. The summed E-state index contributed by atoms with van der Waals surface area (Å²) in [6.07, 6.45) is 9.34. The average Bonchev–Trinajstić information content (AvgIpc) is 2.48. The number of carboxylic acid groups (broad SMARTS) is 1. The first kappa shape index (κ1) is 15.3. The maximum Gasteiger partial charge on any atom is 0.326 e. The van der Waals surface area contributed by atoms with E-state index in [0.29, 0.717) is 31.2 Å². The van der Waals surface area contributed by atoms with Crippen LogP contribution in [-0.4, -0.2) is 34.5 Å². The Morgan fingerprint density at radius 2 is 1.75 bits per heavy atom. The summed E-state index contributed by atoms with van der Waals surface area (Å²) < 4.78 is 0. The molecule has 1 unspecified atom stereocenters. The van der Waals surface area contributed by atoms with Crippen LogP contribution in [-0.2, 0) is 9.59 Å². The molecule has 2 aliphatic rings. The summed E-state index contributed by atoms with van der Waals surface area (Å²) in [4.78, 5) is 25.3. The summed E-state index contributed by atoms with van der Waals surface area (Å²) >= 11 is 0. The maximum atomic E-state index is 12.4. The van der Waals surface area contributed by atoms with Crippen LogP contribution in [0, 0.1) is 11.8 Å². The van der Waals surface area contributed by atoms with E-state index in [2.05, 4.69) is 6.92 Å². The monoisotopic (exact) mass is 281 g/mol. The number of piperidine rings is 1. The maximum absolute atomic E-state index is 12.4. The van der Waals surface area contributed by atoms with Gasteiger partial charge in [-0.05, 0) is 31.1 Å². The van der Waals surface area contributed by atoms with Crippen molar-refractivity contribution >= 4 is 11.9 Å². The molecule has 4 nitrogen and oxygen atoms in total. The predicted molar refractivity (Wildman–Crippen MR) is 77.3 cm³/mol. The van der Waals surface area contributed by atoms with E-state index in [-0.39, 0.29) is 5.91 Å². The molecule has 4 heteroatoms. The molecule has 114 valence electrons. The molecule has 0 aromatic rings. The SMILES string of the molecule is CC(CC(=O)N1CCCC[C@@H]1C(=O)O)C1CCCCC1. The largest absolute Gasteiger partial charge is 0.480 e. The van der Waals surface area contributed by atoms with Gasteiger partial charge < -0.3 is 10.0 Å². The molecule has 1 saturated heterocycles. The van der Waals surface area contributed by atoms with E-state index in [9.17, 15) is 14.7 Å². The van der Waals surface area contributed by atoms with Crippen molar-refractivity contribution in [2.45, 2.75) is 70.8 Å². The second kappa shape index (κ2) is 7.09. The Bertz CT molecular complexity index is 350. The minimum absolute atomic E-state index is 0.0511. The van der Waals surface area contributed by atoms with Gasteiger partial charge in [-0.2, -0.15) is 0 Å². The molecule has 0 radical (unpaired) electrons. The van der Waals surface area contributed by atoms with Crippen molar-refractivity contribution in [2.75, 3.05) is 6.54 Å². The van der Waals surface area contributed by atoms with Crippen molar-refractivity contribution in [2.24, 2.45) is 11.8 Å². The van der Waals surface area contributed by atoms with E-state index in [1.807, 2.05) is 0 Å². The van der Waals surface area contributed by atoms with Gasteiger partial charge in [-0.25, -0.2) is 4.79 Å². The summed E-state index contributed by atoms with van der Waals surface area (Å²) in [7, 11) is 0. The van der Waals surface area contributed by atoms with Crippen LogP contribution in [0.2, 0.25) is 0 Å². The lowest BCUT2D eigenvalue weighted by atomic mass is 9.79. The molecular formula is C16H27NO3. The second-order valence-corrected chi connectivity index (χ2v) is 6.52. The van der Waals surface area contributed by atoms with Crippen LogP contribution < -0.4 is 0 Å². The van der Waals surface area contributed by atoms with Crippen molar-refractivity contribution in [3.05, 3.63) is 0 Å². The van der Waals surface area contributed by atoms with Gasteiger partial charge in [-0.1, -0.05) is 39.0 Å². The van der Waals surface area contributed by atoms with Crippen LogP contribution in [0.4, 0.5) is 0 Å². The molecule has 0 aromatic carbocycles. The third-order valence-electron chi connectivity index (χ3n) is 5.06. The molecule has 1 N–H and O–H groups in total. The molecule has 1 heterocycles. The van der Waals surface area contributed by atoms with Gasteiger partial charge in [-0.3, -0.25) is 4.79 Å². The first-order chi connectivity index (χ1) is 9.59. The number of likely N-dealkylation sites (tertiary alicyclic amines) is 1. The standard InChI is InChI=1S/C16H27NO3/c1-12(13-7-3-2-4-8-13)11-15(18)17-10-6-5-9-14(17)16(19)20/h12-14H,2-11H2,1H3,(H,19,20)/t12?,14-/m1/s1. The minimum Gasteiger partial charge on any atom is -0.480 e. The molecule has 2 rings (SSSR count). The molecule has 0 aromatic heterocycles. The molecule has 1 aliphatic heterocycles. The highest BCUT2D eigenvalue weighted by atomic mass is 16.4. The average molecular weight is 281 g/mol. The van der Waals surface area contributed by atoms with Crippen LogP contribution in [0.5, 0.6) is 0 Å². The molecule has 0 spiro atoms. The zero-order valence-corrected chi connectivity index (χ0v) is 12.5. The minimum atomic E-state index is -0.844. The second-order valence-electron chi connectivity index (χ2n) is 6.52. The van der Waals surface area contributed by atoms with Gasteiger partial charge in [-0.15, -0.1) is 0 Å². The van der Waals surface area contributed by atoms with Crippen molar-refractivity contribution < 1.29 is 14.7 Å². The molecule has 1 amide bonds. The molecule has 20 heavy (non-hydrogen) atoms. The number of carbonyl (C=O) groups excluding carboxylic acids is 1. The number of nitrogens with zero attached hydrogens (tertiary/aromatic N) is 1. The Balaban J connectivity index is 1.90. The number of carbonyl (C=O) groups is 2. The fourth-order valence-electron chi connectivity index (χ4n) is 3.75. The van der Waals surface area contributed by atoms with Crippen molar-refractivity contribution in [1.29, 1.82) is 0 Å². The van der Waals surface area contributed by atoms with Crippen molar-refractivity contribution in [3.63, 3.8) is 0 Å². The van der Waals surface area contributed by atoms with E-state index in [4.69, 9.17) is 0 Å². The Labute approximate surface area is 121 Å². The Morgan fingerprint density at radius 3 is 2.40 bits per heavy atom. The van der Waals surface area contributed by atoms with Gasteiger partial charge in [0.15, 0.2) is 0 Å². The van der Waals surface area contributed by atoms with Crippen LogP contribution in [0.3, 0.4) is 0 Å². The summed E-state index contributed by atoms with van der Waals surface area (Å²) in [5, 5.41) is 9.25. The number of hydrogen-bond acceptors (Lipinski definition) is 2. The fourth-order valence-corrected chi connectivity index (χ4v) is 3.75. The highest BCUT2D eigenvalue weighted by Crippen LogP contribution is 2.32. The number of carboxylic acids is 1. The lowest BCUT2D eigenvalue weighted by molar-refractivity contribution is -0.152. The van der Waals surface area contributed by atoms with Gasteiger partial charge in [0.05, 0.1) is 0 Å². The summed E-state index contributed by atoms with van der Waals surface area (Å²) in [6.45, 7) is 2.78.